The van der Waals surface area contributed by atoms with E-state index in [1.54, 1.807) is 23.3 Å². The van der Waals surface area contributed by atoms with Crippen molar-refractivity contribution in [2.75, 3.05) is 0 Å². The van der Waals surface area contributed by atoms with E-state index in [0.29, 0.717) is 6.42 Å². The number of rotatable bonds is 5. The first-order valence-corrected chi connectivity index (χ1v) is 5.76. The number of aliphatic hydroxyl groups excluding tert-OH is 1. The van der Waals surface area contributed by atoms with Crippen molar-refractivity contribution in [1.82, 2.24) is 20.0 Å². The summed E-state index contributed by atoms with van der Waals surface area (Å²) in [6.07, 6.45) is 6.03. The van der Waals surface area contributed by atoms with Gasteiger partial charge in [0.2, 0.25) is 0 Å². The second-order valence-electron chi connectivity index (χ2n) is 3.96. The van der Waals surface area contributed by atoms with Crippen molar-refractivity contribution in [2.45, 2.75) is 32.4 Å². The second-order valence-corrected chi connectivity index (χ2v) is 3.96. The van der Waals surface area contributed by atoms with E-state index in [-0.39, 0.29) is 0 Å². The lowest BCUT2D eigenvalue weighted by Gasteiger charge is -2.11. The fourth-order valence-electron chi connectivity index (χ4n) is 1.76. The Morgan fingerprint density at radius 3 is 2.82 bits per heavy atom. The molecule has 0 fully saturated rings. The van der Waals surface area contributed by atoms with Crippen molar-refractivity contribution < 1.29 is 5.11 Å². The van der Waals surface area contributed by atoms with E-state index in [1.165, 1.54) is 0 Å². The molecule has 90 valence electrons. The van der Waals surface area contributed by atoms with E-state index >= 15 is 0 Å². The van der Waals surface area contributed by atoms with E-state index in [1.807, 2.05) is 12.1 Å². The summed E-state index contributed by atoms with van der Waals surface area (Å²) in [5.41, 5.74) is 1.82. The highest BCUT2D eigenvalue weighted by atomic mass is 16.3. The van der Waals surface area contributed by atoms with Crippen LogP contribution in [0, 0.1) is 0 Å². The Labute approximate surface area is 100 Å². The molecular formula is C12H16N4O. The molecule has 1 N–H and O–H groups in total. The molecule has 2 heterocycles. The van der Waals surface area contributed by atoms with Crippen LogP contribution in [0.15, 0.2) is 30.7 Å². The molecule has 5 heteroatoms. The Kier molecular flexibility index (Phi) is 3.82. The maximum atomic E-state index is 10.1. The van der Waals surface area contributed by atoms with Gasteiger partial charge in [0.25, 0.3) is 0 Å². The minimum Gasteiger partial charge on any atom is -0.386 e. The number of hydrogen-bond acceptors (Lipinski definition) is 4. The first kappa shape index (κ1) is 11.7. The van der Waals surface area contributed by atoms with Crippen molar-refractivity contribution in [3.8, 4) is 0 Å². The van der Waals surface area contributed by atoms with E-state index in [9.17, 15) is 5.11 Å². The van der Waals surface area contributed by atoms with Gasteiger partial charge in [-0.05, 0) is 24.1 Å². The van der Waals surface area contributed by atoms with Crippen LogP contribution in [0.2, 0.25) is 0 Å². The maximum Gasteiger partial charge on any atom is 0.101 e. The quantitative estimate of drug-likeness (QED) is 0.845. The van der Waals surface area contributed by atoms with E-state index < -0.39 is 6.10 Å². The summed E-state index contributed by atoms with van der Waals surface area (Å²) >= 11 is 0. The van der Waals surface area contributed by atoms with Crippen molar-refractivity contribution in [3.05, 3.63) is 42.0 Å². The lowest BCUT2D eigenvalue weighted by molar-refractivity contribution is 0.166. The van der Waals surface area contributed by atoms with Crippen molar-refractivity contribution >= 4 is 0 Å². The molecule has 0 aromatic carbocycles. The monoisotopic (exact) mass is 232 g/mol. The lowest BCUT2D eigenvalue weighted by Crippen LogP contribution is -2.11. The van der Waals surface area contributed by atoms with Gasteiger partial charge in [0, 0.05) is 25.4 Å². The summed E-state index contributed by atoms with van der Waals surface area (Å²) in [6, 6.07) is 3.80. The molecule has 0 spiro atoms. The molecule has 0 saturated heterocycles. The average Bonchev–Trinajstić information content (AvgIpc) is 2.79. The number of aliphatic hydroxyl groups is 1. The van der Waals surface area contributed by atoms with Crippen LogP contribution in [-0.4, -0.2) is 25.1 Å². The molecule has 0 radical (unpaired) electrons. The topological polar surface area (TPSA) is 63.8 Å². The van der Waals surface area contributed by atoms with Crippen LogP contribution < -0.4 is 0 Å². The number of pyridine rings is 1. The first-order valence-electron chi connectivity index (χ1n) is 5.76. The van der Waals surface area contributed by atoms with Crippen molar-refractivity contribution in [1.29, 1.82) is 0 Å². The van der Waals surface area contributed by atoms with E-state index in [2.05, 4.69) is 22.2 Å². The summed E-state index contributed by atoms with van der Waals surface area (Å²) < 4.78 is 1.76. The number of aryl methyl sites for hydroxylation is 1. The smallest absolute Gasteiger partial charge is 0.101 e. The van der Waals surface area contributed by atoms with Gasteiger partial charge in [0.1, 0.15) is 6.10 Å². The molecule has 2 aromatic heterocycles. The fourth-order valence-corrected chi connectivity index (χ4v) is 1.76. The maximum absolute atomic E-state index is 10.1. The van der Waals surface area contributed by atoms with E-state index in [0.717, 1.165) is 24.2 Å². The number of hydrogen-bond donors (Lipinski definition) is 1. The standard InChI is InChI=1S/C12H16N4O/c1-2-7-16-11(9-14-15-16)12(17)8-10-3-5-13-6-4-10/h3-6,9,12,17H,2,7-8H2,1H3. The lowest BCUT2D eigenvalue weighted by atomic mass is 10.1. The minimum absolute atomic E-state index is 0.555. The summed E-state index contributed by atoms with van der Waals surface area (Å²) in [4.78, 5) is 3.95. The third-order valence-corrected chi connectivity index (χ3v) is 2.60. The normalized spacial score (nSPS) is 12.6. The number of nitrogens with zero attached hydrogens (tertiary/aromatic N) is 4. The van der Waals surface area contributed by atoms with Gasteiger partial charge in [-0.25, -0.2) is 4.68 Å². The Hall–Kier alpha value is -1.75. The fraction of sp³-hybridized carbons (Fsp3) is 0.417. The van der Waals surface area contributed by atoms with Crippen LogP contribution in [0.4, 0.5) is 0 Å². The third kappa shape index (κ3) is 2.88. The highest BCUT2D eigenvalue weighted by molar-refractivity contribution is 5.13. The average molecular weight is 232 g/mol. The Bertz CT molecular complexity index is 455. The van der Waals surface area contributed by atoms with Crippen molar-refractivity contribution in [2.24, 2.45) is 0 Å². The highest BCUT2D eigenvalue weighted by Crippen LogP contribution is 2.16. The molecule has 2 aromatic rings. The van der Waals surface area contributed by atoms with Crippen LogP contribution in [0.25, 0.3) is 0 Å². The first-order chi connectivity index (χ1) is 8.31. The largest absolute Gasteiger partial charge is 0.386 e. The van der Waals surface area contributed by atoms with Crippen LogP contribution in [-0.2, 0) is 13.0 Å². The molecule has 17 heavy (non-hydrogen) atoms. The summed E-state index contributed by atoms with van der Waals surface area (Å²) in [5, 5.41) is 18.0. The Morgan fingerprint density at radius 1 is 1.35 bits per heavy atom. The van der Waals surface area contributed by atoms with Gasteiger partial charge >= 0.3 is 0 Å². The van der Waals surface area contributed by atoms with Gasteiger partial charge in [-0.1, -0.05) is 12.1 Å². The van der Waals surface area contributed by atoms with Gasteiger partial charge in [-0.15, -0.1) is 5.10 Å². The molecular weight excluding hydrogens is 216 g/mol. The van der Waals surface area contributed by atoms with Crippen LogP contribution >= 0.6 is 0 Å². The van der Waals surface area contributed by atoms with Crippen molar-refractivity contribution in [3.63, 3.8) is 0 Å². The third-order valence-electron chi connectivity index (χ3n) is 2.60. The van der Waals surface area contributed by atoms with E-state index in [4.69, 9.17) is 0 Å². The molecule has 0 saturated carbocycles. The van der Waals surface area contributed by atoms with Gasteiger partial charge in [0.15, 0.2) is 0 Å². The second kappa shape index (κ2) is 5.54. The molecule has 0 aliphatic rings. The van der Waals surface area contributed by atoms with Crippen LogP contribution in [0.5, 0.6) is 0 Å². The molecule has 1 unspecified atom stereocenters. The molecule has 0 aliphatic heterocycles. The van der Waals surface area contributed by atoms with Gasteiger partial charge in [-0.3, -0.25) is 4.98 Å². The number of aromatic nitrogens is 4. The summed E-state index contributed by atoms with van der Waals surface area (Å²) in [7, 11) is 0. The highest BCUT2D eigenvalue weighted by Gasteiger charge is 2.14. The zero-order valence-electron chi connectivity index (χ0n) is 9.82. The molecule has 0 bridgehead atoms. The SMILES string of the molecule is CCCn1nncc1C(O)Cc1ccncc1. The molecule has 0 amide bonds. The van der Waals surface area contributed by atoms with Gasteiger partial charge in [0.05, 0.1) is 11.9 Å². The molecule has 5 nitrogen and oxygen atoms in total. The zero-order chi connectivity index (χ0) is 12.1. The predicted molar refractivity (Wildman–Crippen MR) is 63.2 cm³/mol. The van der Waals surface area contributed by atoms with Gasteiger partial charge in [-0.2, -0.15) is 0 Å². The minimum atomic E-state index is -0.570. The zero-order valence-corrected chi connectivity index (χ0v) is 9.82. The summed E-state index contributed by atoms with van der Waals surface area (Å²) in [5.74, 6) is 0. The molecule has 0 aliphatic carbocycles. The van der Waals surface area contributed by atoms with Gasteiger partial charge < -0.3 is 5.11 Å². The molecule has 2 rings (SSSR count). The van der Waals surface area contributed by atoms with Crippen LogP contribution in [0.1, 0.15) is 30.7 Å². The Balaban J connectivity index is 2.09. The van der Waals surface area contributed by atoms with Crippen LogP contribution in [0.3, 0.4) is 0 Å². The summed E-state index contributed by atoms with van der Waals surface area (Å²) in [6.45, 7) is 2.85. The molecule has 1 atom stereocenters. The predicted octanol–water partition coefficient (Wildman–Crippen LogP) is 1.36. The Morgan fingerprint density at radius 2 is 2.12 bits per heavy atom.